The summed E-state index contributed by atoms with van der Waals surface area (Å²) in [4.78, 5) is 33.4. The van der Waals surface area contributed by atoms with Crippen LogP contribution in [-0.2, 0) is 14.3 Å². The van der Waals surface area contributed by atoms with E-state index in [1.807, 2.05) is 53.1 Å². The summed E-state index contributed by atoms with van der Waals surface area (Å²) in [5.41, 5.74) is 2.46. The van der Waals surface area contributed by atoms with Crippen molar-refractivity contribution in [3.63, 3.8) is 0 Å². The Balaban J connectivity index is 1.94. The zero-order valence-corrected chi connectivity index (χ0v) is 18.8. The van der Waals surface area contributed by atoms with Crippen molar-refractivity contribution in [2.45, 2.75) is 39.2 Å². The number of esters is 1. The lowest BCUT2D eigenvalue weighted by Crippen LogP contribution is -2.50. The third-order valence-electron chi connectivity index (χ3n) is 5.91. The topological polar surface area (TPSA) is 73.7 Å². The molecule has 2 atom stereocenters. The first-order chi connectivity index (χ1) is 15.6. The molecule has 0 saturated heterocycles. The molecule has 0 aliphatic carbocycles. The van der Waals surface area contributed by atoms with Gasteiger partial charge in [-0.1, -0.05) is 44.0 Å². The second-order valence-corrected chi connectivity index (χ2v) is 7.92. The fraction of sp³-hybridized carbons (Fsp3) is 0.400. The van der Waals surface area contributed by atoms with Crippen molar-refractivity contribution in [3.8, 4) is 5.75 Å². The number of hydrogen-bond acceptors (Lipinski definition) is 5. The van der Waals surface area contributed by atoms with Crippen molar-refractivity contribution >= 4 is 28.9 Å². The molecule has 1 amide bonds. The van der Waals surface area contributed by atoms with E-state index >= 15 is 0 Å². The molecule has 1 aromatic heterocycles. The van der Waals surface area contributed by atoms with Crippen LogP contribution in [0.1, 0.15) is 44.7 Å². The SMILES string of the molecule is CCCCCN1C(=O)[C@H](C(=O)OCC)[C@H](c2cccc(OC)c2)n2c1nc1ccccc12. The second kappa shape index (κ2) is 9.42. The fourth-order valence-electron chi connectivity index (χ4n) is 4.41. The van der Waals surface area contributed by atoms with E-state index in [1.165, 1.54) is 0 Å². The molecule has 0 saturated carbocycles. The Morgan fingerprint density at radius 1 is 1.09 bits per heavy atom. The van der Waals surface area contributed by atoms with Gasteiger partial charge in [0.1, 0.15) is 5.75 Å². The van der Waals surface area contributed by atoms with Crippen LogP contribution in [0.4, 0.5) is 5.95 Å². The first-order valence-electron chi connectivity index (χ1n) is 11.2. The molecule has 3 aromatic rings. The van der Waals surface area contributed by atoms with Crippen LogP contribution < -0.4 is 9.64 Å². The predicted molar refractivity (Wildman–Crippen MR) is 123 cm³/mol. The van der Waals surface area contributed by atoms with Crippen molar-refractivity contribution in [2.24, 2.45) is 5.92 Å². The fourth-order valence-corrected chi connectivity index (χ4v) is 4.41. The van der Waals surface area contributed by atoms with Crippen molar-refractivity contribution in [3.05, 3.63) is 54.1 Å². The van der Waals surface area contributed by atoms with Crippen LogP contribution in [0.25, 0.3) is 11.0 Å². The molecular weight excluding hydrogens is 406 g/mol. The quantitative estimate of drug-likeness (QED) is 0.299. The minimum absolute atomic E-state index is 0.209. The van der Waals surface area contributed by atoms with Gasteiger partial charge in [0.2, 0.25) is 11.9 Å². The number of aromatic nitrogens is 2. The van der Waals surface area contributed by atoms with Gasteiger partial charge in [0.25, 0.3) is 0 Å². The minimum Gasteiger partial charge on any atom is -0.497 e. The van der Waals surface area contributed by atoms with Gasteiger partial charge < -0.3 is 14.0 Å². The number of rotatable bonds is 8. The summed E-state index contributed by atoms with van der Waals surface area (Å²) in [6.07, 6.45) is 2.87. The molecule has 0 bridgehead atoms. The van der Waals surface area contributed by atoms with Crippen LogP contribution in [0.15, 0.2) is 48.5 Å². The second-order valence-electron chi connectivity index (χ2n) is 7.92. The number of unbranched alkanes of at least 4 members (excludes halogenated alkanes) is 2. The number of nitrogens with zero attached hydrogens (tertiary/aromatic N) is 3. The lowest BCUT2D eigenvalue weighted by atomic mass is 9.89. The highest BCUT2D eigenvalue weighted by Crippen LogP contribution is 2.42. The maximum Gasteiger partial charge on any atom is 0.321 e. The largest absolute Gasteiger partial charge is 0.497 e. The molecule has 2 heterocycles. The molecule has 0 radical (unpaired) electrons. The molecule has 0 fully saturated rings. The van der Waals surface area contributed by atoms with Gasteiger partial charge in [-0.15, -0.1) is 0 Å². The molecule has 0 N–H and O–H groups in total. The average Bonchev–Trinajstić information content (AvgIpc) is 3.19. The van der Waals surface area contributed by atoms with E-state index in [1.54, 1.807) is 18.9 Å². The Labute approximate surface area is 187 Å². The maximum atomic E-state index is 13.8. The number of carbonyl (C=O) groups excluding carboxylic acids is 2. The molecule has 0 unspecified atom stereocenters. The number of fused-ring (bicyclic) bond motifs is 3. The summed E-state index contributed by atoms with van der Waals surface area (Å²) in [5.74, 6) is -0.562. The first kappa shape index (κ1) is 21.9. The molecule has 1 aliphatic heterocycles. The number of imidazole rings is 1. The van der Waals surface area contributed by atoms with Crippen molar-refractivity contribution in [1.82, 2.24) is 9.55 Å². The number of benzene rings is 2. The molecule has 2 aromatic carbocycles. The van der Waals surface area contributed by atoms with Crippen LogP contribution in [0, 0.1) is 5.92 Å². The van der Waals surface area contributed by atoms with Crippen molar-refractivity contribution in [1.29, 1.82) is 0 Å². The summed E-state index contributed by atoms with van der Waals surface area (Å²) in [5, 5.41) is 0. The number of para-hydroxylation sites is 2. The lowest BCUT2D eigenvalue weighted by Gasteiger charge is -2.38. The van der Waals surface area contributed by atoms with Gasteiger partial charge in [0.15, 0.2) is 5.92 Å². The highest BCUT2D eigenvalue weighted by atomic mass is 16.5. The smallest absolute Gasteiger partial charge is 0.321 e. The molecule has 1 aliphatic rings. The number of methoxy groups -OCH3 is 1. The third-order valence-corrected chi connectivity index (χ3v) is 5.91. The van der Waals surface area contributed by atoms with Crippen LogP contribution in [0.3, 0.4) is 0 Å². The van der Waals surface area contributed by atoms with E-state index in [4.69, 9.17) is 14.5 Å². The molecular formula is C25H29N3O4. The zero-order valence-electron chi connectivity index (χ0n) is 18.8. The molecule has 7 heteroatoms. The van der Waals surface area contributed by atoms with Crippen LogP contribution >= 0.6 is 0 Å². The molecule has 7 nitrogen and oxygen atoms in total. The van der Waals surface area contributed by atoms with E-state index in [2.05, 4.69) is 6.92 Å². The van der Waals surface area contributed by atoms with Gasteiger partial charge >= 0.3 is 5.97 Å². The van der Waals surface area contributed by atoms with Gasteiger partial charge in [0, 0.05) is 6.54 Å². The maximum absolute atomic E-state index is 13.8. The number of ether oxygens (including phenoxy) is 2. The Morgan fingerprint density at radius 2 is 1.91 bits per heavy atom. The minimum atomic E-state index is -1.01. The number of hydrogen-bond donors (Lipinski definition) is 0. The molecule has 168 valence electrons. The number of anilines is 1. The van der Waals surface area contributed by atoms with Gasteiger partial charge in [-0.05, 0) is 43.2 Å². The highest BCUT2D eigenvalue weighted by Gasteiger charge is 2.47. The Hall–Kier alpha value is -3.35. The lowest BCUT2D eigenvalue weighted by molar-refractivity contribution is -0.153. The van der Waals surface area contributed by atoms with Crippen LogP contribution in [-0.4, -0.2) is 41.7 Å². The predicted octanol–water partition coefficient (Wildman–Crippen LogP) is 4.35. The van der Waals surface area contributed by atoms with Gasteiger partial charge in [-0.2, -0.15) is 0 Å². The standard InChI is InChI=1S/C25H29N3O4/c1-4-6-9-15-27-23(29)21(24(30)32-5-2)22(17-11-10-12-18(16-17)31-3)28-20-14-8-7-13-19(20)26-25(27)28/h7-8,10-14,16,21-22H,4-6,9,15H2,1-3H3/t21-,22+/m1/s1. The van der Waals surface area contributed by atoms with Gasteiger partial charge in [-0.25, -0.2) is 4.98 Å². The summed E-state index contributed by atoms with van der Waals surface area (Å²) < 4.78 is 12.8. The Bertz CT molecular complexity index is 1120. The normalized spacial score (nSPS) is 18.0. The van der Waals surface area contributed by atoms with Gasteiger partial charge in [-0.3, -0.25) is 14.5 Å². The summed E-state index contributed by atoms with van der Waals surface area (Å²) in [7, 11) is 1.60. The van der Waals surface area contributed by atoms with Crippen molar-refractivity contribution < 1.29 is 19.1 Å². The molecule has 0 spiro atoms. The van der Waals surface area contributed by atoms with Crippen molar-refractivity contribution in [2.75, 3.05) is 25.2 Å². The molecule has 32 heavy (non-hydrogen) atoms. The van der Waals surface area contributed by atoms with E-state index in [-0.39, 0.29) is 12.5 Å². The van der Waals surface area contributed by atoms with Crippen LogP contribution in [0.5, 0.6) is 5.75 Å². The third kappa shape index (κ3) is 3.83. The number of amides is 1. The van der Waals surface area contributed by atoms with E-state index < -0.39 is 17.9 Å². The highest BCUT2D eigenvalue weighted by molar-refractivity contribution is 6.08. The summed E-state index contributed by atoms with van der Waals surface area (Å²) >= 11 is 0. The number of carbonyl (C=O) groups is 2. The van der Waals surface area contributed by atoms with E-state index in [0.717, 1.165) is 35.9 Å². The summed E-state index contributed by atoms with van der Waals surface area (Å²) in [6.45, 7) is 4.59. The Morgan fingerprint density at radius 3 is 2.66 bits per heavy atom. The monoisotopic (exact) mass is 435 g/mol. The Kier molecular flexibility index (Phi) is 6.44. The van der Waals surface area contributed by atoms with E-state index in [9.17, 15) is 9.59 Å². The molecule has 4 rings (SSSR count). The zero-order chi connectivity index (χ0) is 22.7. The average molecular weight is 436 g/mol. The summed E-state index contributed by atoms with van der Waals surface area (Å²) in [6, 6.07) is 14.7. The van der Waals surface area contributed by atoms with Crippen LogP contribution in [0.2, 0.25) is 0 Å². The van der Waals surface area contributed by atoms with E-state index in [0.29, 0.717) is 18.2 Å². The van der Waals surface area contributed by atoms with Gasteiger partial charge in [0.05, 0.1) is 30.8 Å². The first-order valence-corrected chi connectivity index (χ1v) is 11.2.